The topological polar surface area (TPSA) is 27.7 Å². The van der Waals surface area contributed by atoms with Crippen LogP contribution in [0, 0.1) is 0 Å². The molecular formula is C30H30O3. The van der Waals surface area contributed by atoms with Crippen LogP contribution in [0.5, 0.6) is 11.5 Å². The first-order valence-electron chi connectivity index (χ1n) is 11.5. The zero-order chi connectivity index (χ0) is 22.6. The largest absolute Gasteiger partial charge is 0.465 e. The Bertz CT molecular complexity index is 950. The number of hydrogen-bond acceptors (Lipinski definition) is 3. The highest BCUT2D eigenvalue weighted by Crippen LogP contribution is 2.21. The lowest BCUT2D eigenvalue weighted by molar-refractivity contribution is -0.188. The maximum Gasteiger partial charge on any atom is 0.203 e. The molecule has 4 aromatic rings. The van der Waals surface area contributed by atoms with E-state index in [4.69, 9.17) is 14.2 Å². The van der Waals surface area contributed by atoms with Crippen LogP contribution in [0.15, 0.2) is 121 Å². The molecule has 0 saturated carbocycles. The third-order valence-electron chi connectivity index (χ3n) is 5.35. The Hall–Kier alpha value is -3.56. The highest BCUT2D eigenvalue weighted by molar-refractivity contribution is 5.22. The average molecular weight is 439 g/mol. The Balaban J connectivity index is 1.47. The molecule has 4 rings (SSSR count). The summed E-state index contributed by atoms with van der Waals surface area (Å²) in [5.41, 5.74) is 2.51. The van der Waals surface area contributed by atoms with Crippen molar-refractivity contribution in [3.8, 4) is 11.5 Å². The summed E-state index contributed by atoms with van der Waals surface area (Å²) in [4.78, 5) is 0. The maximum atomic E-state index is 6.46. The zero-order valence-electron chi connectivity index (χ0n) is 18.8. The molecule has 0 heterocycles. The van der Waals surface area contributed by atoms with Crippen molar-refractivity contribution in [3.05, 3.63) is 132 Å². The van der Waals surface area contributed by atoms with Gasteiger partial charge in [-0.25, -0.2) is 0 Å². The van der Waals surface area contributed by atoms with Crippen LogP contribution in [0.2, 0.25) is 0 Å². The van der Waals surface area contributed by atoms with Gasteiger partial charge in [0, 0.05) is 12.8 Å². The van der Waals surface area contributed by atoms with Gasteiger partial charge in [-0.1, -0.05) is 97.1 Å². The molecule has 0 aliphatic carbocycles. The minimum Gasteiger partial charge on any atom is -0.465 e. The first-order chi connectivity index (χ1) is 16.3. The van der Waals surface area contributed by atoms with Crippen LogP contribution in [0.1, 0.15) is 24.0 Å². The van der Waals surface area contributed by atoms with Crippen LogP contribution in [0.4, 0.5) is 0 Å². The molecule has 2 atom stereocenters. The van der Waals surface area contributed by atoms with Gasteiger partial charge in [-0.15, -0.1) is 0 Å². The van der Waals surface area contributed by atoms with Gasteiger partial charge in [0.2, 0.25) is 12.6 Å². The lowest BCUT2D eigenvalue weighted by atomic mass is 10.1. The first-order valence-corrected chi connectivity index (χ1v) is 11.5. The third kappa shape index (κ3) is 7.81. The number of ether oxygens (including phenoxy) is 3. The summed E-state index contributed by atoms with van der Waals surface area (Å²) in [5.74, 6) is 1.58. The van der Waals surface area contributed by atoms with E-state index in [2.05, 4.69) is 48.5 Å². The maximum absolute atomic E-state index is 6.46. The molecule has 33 heavy (non-hydrogen) atoms. The monoisotopic (exact) mass is 438 g/mol. The first kappa shape index (κ1) is 22.6. The number of aryl methyl sites for hydroxylation is 2. The Kier molecular flexibility index (Phi) is 8.55. The van der Waals surface area contributed by atoms with Crippen LogP contribution in [0.3, 0.4) is 0 Å². The van der Waals surface area contributed by atoms with E-state index >= 15 is 0 Å². The molecule has 0 N–H and O–H groups in total. The van der Waals surface area contributed by atoms with Crippen molar-refractivity contribution in [1.82, 2.24) is 0 Å². The van der Waals surface area contributed by atoms with E-state index in [0.717, 1.165) is 37.2 Å². The molecule has 3 nitrogen and oxygen atoms in total. The van der Waals surface area contributed by atoms with Crippen molar-refractivity contribution >= 4 is 0 Å². The van der Waals surface area contributed by atoms with E-state index in [9.17, 15) is 0 Å². The third-order valence-corrected chi connectivity index (χ3v) is 5.35. The molecule has 2 unspecified atom stereocenters. The molecule has 3 heteroatoms. The molecule has 0 saturated heterocycles. The predicted molar refractivity (Wildman–Crippen MR) is 132 cm³/mol. The van der Waals surface area contributed by atoms with Gasteiger partial charge in [-0.3, -0.25) is 0 Å². The van der Waals surface area contributed by atoms with Gasteiger partial charge < -0.3 is 14.2 Å². The summed E-state index contributed by atoms with van der Waals surface area (Å²) in [6, 6.07) is 40.5. The van der Waals surface area contributed by atoms with E-state index in [1.165, 1.54) is 11.1 Å². The summed E-state index contributed by atoms with van der Waals surface area (Å²) < 4.78 is 19.0. The van der Waals surface area contributed by atoms with Crippen LogP contribution < -0.4 is 9.47 Å². The summed E-state index contributed by atoms with van der Waals surface area (Å²) in [6.45, 7) is 0. The zero-order valence-corrected chi connectivity index (χ0v) is 18.8. The van der Waals surface area contributed by atoms with Crippen LogP contribution in [0.25, 0.3) is 0 Å². The lowest BCUT2D eigenvalue weighted by Gasteiger charge is -2.26. The summed E-state index contributed by atoms with van der Waals surface area (Å²) in [6.07, 6.45) is 2.29. The molecule has 0 amide bonds. The molecule has 4 aromatic carbocycles. The SMILES string of the molecule is c1ccc(CCC(Oc2ccccc2)OC(CCc2ccccc2)Oc2ccccc2)cc1. The van der Waals surface area contributed by atoms with E-state index in [1.807, 2.05) is 72.8 Å². The molecule has 0 aliphatic rings. The van der Waals surface area contributed by atoms with Gasteiger partial charge in [0.1, 0.15) is 11.5 Å². The van der Waals surface area contributed by atoms with Crippen molar-refractivity contribution < 1.29 is 14.2 Å². The number of benzene rings is 4. The molecule has 0 radical (unpaired) electrons. The van der Waals surface area contributed by atoms with Crippen molar-refractivity contribution in [2.24, 2.45) is 0 Å². The minimum absolute atomic E-state index is 0.433. The predicted octanol–water partition coefficient (Wildman–Crippen LogP) is 7.08. The Morgan fingerprint density at radius 3 is 1.12 bits per heavy atom. The van der Waals surface area contributed by atoms with Crippen LogP contribution in [-0.2, 0) is 17.6 Å². The molecule has 168 valence electrons. The second kappa shape index (κ2) is 12.5. The lowest BCUT2D eigenvalue weighted by Crippen LogP contribution is -2.32. The van der Waals surface area contributed by atoms with Crippen LogP contribution >= 0.6 is 0 Å². The van der Waals surface area contributed by atoms with Gasteiger partial charge in [0.15, 0.2) is 0 Å². The van der Waals surface area contributed by atoms with Gasteiger partial charge in [0.25, 0.3) is 0 Å². The smallest absolute Gasteiger partial charge is 0.203 e. The Morgan fingerprint density at radius 1 is 0.424 bits per heavy atom. The van der Waals surface area contributed by atoms with E-state index in [-0.39, 0.29) is 0 Å². The fourth-order valence-corrected chi connectivity index (χ4v) is 3.64. The molecule has 0 fully saturated rings. The second-order valence-electron chi connectivity index (χ2n) is 7.91. The van der Waals surface area contributed by atoms with Gasteiger partial charge in [-0.2, -0.15) is 0 Å². The average Bonchev–Trinajstić information content (AvgIpc) is 2.88. The number of hydrogen-bond donors (Lipinski definition) is 0. The second-order valence-corrected chi connectivity index (χ2v) is 7.91. The highest BCUT2D eigenvalue weighted by atomic mass is 16.8. The standard InChI is InChI=1S/C30H30O3/c1-5-13-25(14-6-1)21-23-29(31-27-17-9-3-10-18-27)33-30(32-28-19-11-4-12-20-28)24-22-26-15-7-2-8-16-26/h1-20,29-30H,21-24H2. The van der Waals surface area contributed by atoms with Crippen molar-refractivity contribution in [2.75, 3.05) is 0 Å². The Morgan fingerprint density at radius 2 is 0.758 bits per heavy atom. The van der Waals surface area contributed by atoms with Crippen molar-refractivity contribution in [3.63, 3.8) is 0 Å². The fourth-order valence-electron chi connectivity index (χ4n) is 3.64. The number of rotatable bonds is 12. The fraction of sp³-hybridized carbons (Fsp3) is 0.200. The molecular weight excluding hydrogens is 408 g/mol. The number of para-hydroxylation sites is 2. The minimum atomic E-state index is -0.433. The van der Waals surface area contributed by atoms with E-state index in [1.54, 1.807) is 0 Å². The van der Waals surface area contributed by atoms with Gasteiger partial charge in [0.05, 0.1) is 0 Å². The van der Waals surface area contributed by atoms with Crippen LogP contribution in [-0.4, -0.2) is 12.6 Å². The molecule has 0 bridgehead atoms. The molecule has 0 spiro atoms. The highest BCUT2D eigenvalue weighted by Gasteiger charge is 2.20. The quantitative estimate of drug-likeness (QED) is 0.221. The van der Waals surface area contributed by atoms with E-state index in [0.29, 0.717) is 0 Å². The van der Waals surface area contributed by atoms with E-state index < -0.39 is 12.6 Å². The summed E-state index contributed by atoms with van der Waals surface area (Å²) >= 11 is 0. The summed E-state index contributed by atoms with van der Waals surface area (Å²) in [5, 5.41) is 0. The van der Waals surface area contributed by atoms with Crippen molar-refractivity contribution in [1.29, 1.82) is 0 Å². The van der Waals surface area contributed by atoms with Gasteiger partial charge in [-0.05, 0) is 48.2 Å². The van der Waals surface area contributed by atoms with Crippen molar-refractivity contribution in [2.45, 2.75) is 38.3 Å². The molecule has 0 aliphatic heterocycles. The molecule has 0 aromatic heterocycles. The normalized spacial score (nSPS) is 12.6. The van der Waals surface area contributed by atoms with Gasteiger partial charge >= 0.3 is 0 Å². The Labute approximate surface area is 196 Å². The summed E-state index contributed by atoms with van der Waals surface area (Å²) in [7, 11) is 0.